The maximum atomic E-state index is 12.2. The maximum absolute atomic E-state index is 12.2. The first kappa shape index (κ1) is 18.6. The molecule has 2 amide bonds. The van der Waals surface area contributed by atoms with Gasteiger partial charge in [0.15, 0.2) is 0 Å². The Hall–Kier alpha value is -1.43. The van der Waals surface area contributed by atoms with E-state index in [1.165, 1.54) is 0 Å². The van der Waals surface area contributed by atoms with Crippen molar-refractivity contribution in [2.24, 2.45) is 17.6 Å². The van der Waals surface area contributed by atoms with E-state index in [9.17, 15) is 14.4 Å². The molecule has 0 bridgehead atoms. The number of rotatable bonds is 9. The smallest absolute Gasteiger partial charge is 0.243 e. The molecule has 2 atom stereocenters. The van der Waals surface area contributed by atoms with Crippen LogP contribution in [-0.4, -0.2) is 36.7 Å². The van der Waals surface area contributed by atoms with Crippen molar-refractivity contribution in [3.8, 4) is 0 Å². The third kappa shape index (κ3) is 7.89. The molecule has 0 aromatic carbocycles. The molecule has 0 aliphatic rings. The summed E-state index contributed by atoms with van der Waals surface area (Å²) in [7, 11) is 0. The molecule has 116 valence electrons. The van der Waals surface area contributed by atoms with Crippen molar-refractivity contribution in [3.05, 3.63) is 0 Å². The molecule has 6 heteroatoms. The van der Waals surface area contributed by atoms with Crippen molar-refractivity contribution in [2.45, 2.75) is 52.6 Å². The summed E-state index contributed by atoms with van der Waals surface area (Å²) in [6.45, 7) is 7.71. The number of carbonyl (C=O) groups excluding carboxylic acids is 3. The van der Waals surface area contributed by atoms with Gasteiger partial charge in [-0.25, -0.2) is 0 Å². The van der Waals surface area contributed by atoms with Gasteiger partial charge in [-0.1, -0.05) is 27.7 Å². The second kappa shape index (κ2) is 9.47. The first-order valence-electron chi connectivity index (χ1n) is 7.05. The van der Waals surface area contributed by atoms with Crippen molar-refractivity contribution in [2.75, 3.05) is 6.54 Å². The Bertz CT molecular complexity index is 330. The van der Waals surface area contributed by atoms with E-state index in [0.717, 1.165) is 6.29 Å². The molecule has 4 N–H and O–H groups in total. The SMILES string of the molecule is CC(C)C[C@@H](C=O)NC(=O)[C@H](CC(C)C)NC(=O)CN. The van der Waals surface area contributed by atoms with Gasteiger partial charge < -0.3 is 21.2 Å². The topological polar surface area (TPSA) is 101 Å². The molecule has 0 saturated carbocycles. The molecule has 20 heavy (non-hydrogen) atoms. The van der Waals surface area contributed by atoms with E-state index in [-0.39, 0.29) is 24.3 Å². The van der Waals surface area contributed by atoms with E-state index in [0.29, 0.717) is 18.8 Å². The molecular formula is C14H27N3O3. The van der Waals surface area contributed by atoms with Gasteiger partial charge in [-0.3, -0.25) is 9.59 Å². The average Bonchev–Trinajstić information content (AvgIpc) is 2.35. The molecule has 6 nitrogen and oxygen atoms in total. The molecule has 0 rings (SSSR count). The van der Waals surface area contributed by atoms with Gasteiger partial charge in [0.1, 0.15) is 12.3 Å². The van der Waals surface area contributed by atoms with Crippen LogP contribution in [0.5, 0.6) is 0 Å². The highest BCUT2D eigenvalue weighted by atomic mass is 16.2. The number of hydrogen-bond donors (Lipinski definition) is 3. The van der Waals surface area contributed by atoms with Crippen LogP contribution in [0.1, 0.15) is 40.5 Å². The van der Waals surface area contributed by atoms with Crippen LogP contribution in [0.2, 0.25) is 0 Å². The zero-order valence-electron chi connectivity index (χ0n) is 12.8. The Balaban J connectivity index is 4.66. The maximum Gasteiger partial charge on any atom is 0.243 e. The Morgan fingerprint density at radius 3 is 2.00 bits per heavy atom. The summed E-state index contributed by atoms with van der Waals surface area (Å²) in [5.41, 5.74) is 5.24. The van der Waals surface area contributed by atoms with Gasteiger partial charge in [-0.05, 0) is 24.7 Å². The number of aldehydes is 1. The van der Waals surface area contributed by atoms with Crippen LogP contribution < -0.4 is 16.4 Å². The van der Waals surface area contributed by atoms with Crippen molar-refractivity contribution >= 4 is 18.1 Å². The normalized spacial score (nSPS) is 13.9. The molecule has 0 radical (unpaired) electrons. The fraction of sp³-hybridized carbons (Fsp3) is 0.786. The number of nitrogens with two attached hydrogens (primary N) is 1. The first-order valence-corrected chi connectivity index (χ1v) is 7.05. The molecule has 0 spiro atoms. The monoisotopic (exact) mass is 285 g/mol. The minimum Gasteiger partial charge on any atom is -0.345 e. The molecule has 0 aliphatic carbocycles. The van der Waals surface area contributed by atoms with Gasteiger partial charge in [0.25, 0.3) is 0 Å². The second-order valence-electron chi connectivity index (χ2n) is 5.83. The highest BCUT2D eigenvalue weighted by molar-refractivity contribution is 5.89. The summed E-state index contributed by atoms with van der Waals surface area (Å²) in [6.07, 6.45) is 1.81. The number of carbonyl (C=O) groups is 3. The summed E-state index contributed by atoms with van der Waals surface area (Å²) in [4.78, 5) is 34.5. The van der Waals surface area contributed by atoms with Crippen LogP contribution in [0.4, 0.5) is 0 Å². The third-order valence-corrected chi connectivity index (χ3v) is 2.76. The largest absolute Gasteiger partial charge is 0.345 e. The lowest BCUT2D eigenvalue weighted by atomic mass is 10.0. The Labute approximate surface area is 120 Å². The van der Waals surface area contributed by atoms with E-state index in [2.05, 4.69) is 10.6 Å². The van der Waals surface area contributed by atoms with Crippen molar-refractivity contribution in [1.82, 2.24) is 10.6 Å². The van der Waals surface area contributed by atoms with Gasteiger partial charge in [-0.2, -0.15) is 0 Å². The number of amides is 2. The minimum absolute atomic E-state index is 0.162. The predicted molar refractivity (Wildman–Crippen MR) is 77.9 cm³/mol. The molecule has 0 heterocycles. The van der Waals surface area contributed by atoms with E-state index >= 15 is 0 Å². The molecule has 0 aliphatic heterocycles. The fourth-order valence-corrected chi connectivity index (χ4v) is 1.90. The zero-order chi connectivity index (χ0) is 15.7. The minimum atomic E-state index is -0.652. The molecule has 0 fully saturated rings. The lowest BCUT2D eigenvalue weighted by Crippen LogP contribution is -2.51. The summed E-state index contributed by atoms with van der Waals surface area (Å²) >= 11 is 0. The van der Waals surface area contributed by atoms with E-state index < -0.39 is 12.1 Å². The Kier molecular flexibility index (Phi) is 8.79. The third-order valence-electron chi connectivity index (χ3n) is 2.76. The lowest BCUT2D eigenvalue weighted by Gasteiger charge is -2.22. The number of hydrogen-bond acceptors (Lipinski definition) is 4. The Morgan fingerprint density at radius 2 is 1.60 bits per heavy atom. The molecule has 0 unspecified atom stereocenters. The lowest BCUT2D eigenvalue weighted by molar-refractivity contribution is -0.130. The summed E-state index contributed by atoms with van der Waals surface area (Å²) in [6, 6.07) is -1.17. The number of nitrogens with one attached hydrogen (secondary N) is 2. The van der Waals surface area contributed by atoms with Crippen molar-refractivity contribution in [3.63, 3.8) is 0 Å². The van der Waals surface area contributed by atoms with Crippen molar-refractivity contribution < 1.29 is 14.4 Å². The highest BCUT2D eigenvalue weighted by Gasteiger charge is 2.23. The Morgan fingerprint density at radius 1 is 1.05 bits per heavy atom. The van der Waals surface area contributed by atoms with Crippen molar-refractivity contribution in [1.29, 1.82) is 0 Å². The standard InChI is InChI=1S/C14H27N3O3/c1-9(2)5-11(8-18)16-14(20)12(6-10(3)4)17-13(19)7-15/h8-12H,5-7,15H2,1-4H3,(H,16,20)(H,17,19)/t11-,12-/m0/s1. The summed E-state index contributed by atoms with van der Waals surface area (Å²) < 4.78 is 0. The van der Waals surface area contributed by atoms with E-state index in [4.69, 9.17) is 5.73 Å². The van der Waals surface area contributed by atoms with E-state index in [1.807, 2.05) is 27.7 Å². The zero-order valence-corrected chi connectivity index (χ0v) is 12.8. The van der Waals surface area contributed by atoms with Gasteiger partial charge in [0.05, 0.1) is 12.6 Å². The summed E-state index contributed by atoms with van der Waals surface area (Å²) in [5, 5.41) is 5.26. The molecular weight excluding hydrogens is 258 g/mol. The van der Waals surface area contributed by atoms with Crippen LogP contribution in [-0.2, 0) is 14.4 Å². The average molecular weight is 285 g/mol. The summed E-state index contributed by atoms with van der Waals surface area (Å²) in [5.74, 6) is -0.174. The predicted octanol–water partition coefficient (Wildman–Crippen LogP) is 0.206. The van der Waals surface area contributed by atoms with Gasteiger partial charge >= 0.3 is 0 Å². The van der Waals surface area contributed by atoms with Crippen LogP contribution in [0.3, 0.4) is 0 Å². The van der Waals surface area contributed by atoms with E-state index in [1.54, 1.807) is 0 Å². The molecule has 0 saturated heterocycles. The second-order valence-corrected chi connectivity index (χ2v) is 5.83. The first-order chi connectivity index (χ1) is 9.29. The van der Waals surface area contributed by atoms with Crippen LogP contribution in [0.15, 0.2) is 0 Å². The quantitative estimate of drug-likeness (QED) is 0.527. The van der Waals surface area contributed by atoms with Crippen LogP contribution in [0, 0.1) is 11.8 Å². The van der Waals surface area contributed by atoms with Gasteiger partial charge in [-0.15, -0.1) is 0 Å². The van der Waals surface area contributed by atoms with Gasteiger partial charge in [0, 0.05) is 0 Å². The highest BCUT2D eigenvalue weighted by Crippen LogP contribution is 2.07. The molecule has 0 aromatic rings. The molecule has 0 aromatic heterocycles. The van der Waals surface area contributed by atoms with Crippen LogP contribution in [0.25, 0.3) is 0 Å². The fourth-order valence-electron chi connectivity index (χ4n) is 1.90. The van der Waals surface area contributed by atoms with Gasteiger partial charge in [0.2, 0.25) is 11.8 Å². The van der Waals surface area contributed by atoms with Crippen LogP contribution >= 0.6 is 0 Å².